The van der Waals surface area contributed by atoms with Crippen LogP contribution in [0.25, 0.3) is 0 Å². The zero-order chi connectivity index (χ0) is 18.1. The lowest BCUT2D eigenvalue weighted by molar-refractivity contribution is -0.121. The highest BCUT2D eigenvalue weighted by molar-refractivity contribution is 6.30. The van der Waals surface area contributed by atoms with Gasteiger partial charge in [-0.3, -0.25) is 9.69 Å². The molecule has 2 aromatic carbocycles. The summed E-state index contributed by atoms with van der Waals surface area (Å²) >= 11 is 5.97. The zero-order valence-electron chi connectivity index (χ0n) is 15.0. The molecular formula is C21H27ClN2O. The van der Waals surface area contributed by atoms with E-state index in [-0.39, 0.29) is 5.91 Å². The molecule has 0 radical (unpaired) electrons. The Morgan fingerprint density at radius 1 is 1.08 bits per heavy atom. The molecule has 0 heterocycles. The van der Waals surface area contributed by atoms with Gasteiger partial charge in [0.2, 0.25) is 5.91 Å². The Labute approximate surface area is 156 Å². The number of rotatable bonds is 9. The minimum atomic E-state index is 0.0979. The highest BCUT2D eigenvalue weighted by Crippen LogP contribution is 2.11. The third-order valence-electron chi connectivity index (χ3n) is 4.21. The van der Waals surface area contributed by atoms with Crippen molar-refractivity contribution < 1.29 is 4.79 Å². The van der Waals surface area contributed by atoms with E-state index in [4.69, 9.17) is 11.6 Å². The smallest absolute Gasteiger partial charge is 0.221 e. The first kappa shape index (κ1) is 19.5. The van der Waals surface area contributed by atoms with Crippen molar-refractivity contribution in [3.05, 3.63) is 70.7 Å². The molecule has 0 aliphatic heterocycles. The summed E-state index contributed by atoms with van der Waals surface area (Å²) in [6, 6.07) is 18.5. The molecule has 2 aromatic rings. The number of carbonyl (C=O) groups is 1. The van der Waals surface area contributed by atoms with Gasteiger partial charge in [0, 0.05) is 37.1 Å². The van der Waals surface area contributed by atoms with E-state index in [0.29, 0.717) is 19.0 Å². The fraction of sp³-hybridized carbons (Fsp3) is 0.381. The van der Waals surface area contributed by atoms with Crippen LogP contribution in [0, 0.1) is 0 Å². The Kier molecular flexibility index (Phi) is 7.96. The van der Waals surface area contributed by atoms with Gasteiger partial charge in [0.15, 0.2) is 0 Å². The second-order valence-corrected chi connectivity index (χ2v) is 6.97. The predicted octanol–water partition coefficient (Wildman–Crippen LogP) is 4.30. The van der Waals surface area contributed by atoms with Gasteiger partial charge in [0.1, 0.15) is 0 Å². The summed E-state index contributed by atoms with van der Waals surface area (Å²) in [5, 5.41) is 3.73. The molecule has 134 valence electrons. The standard InChI is InChI=1S/C21H27ClN2O/c1-17(2)24(16-19-7-4-3-5-8-19)14-12-21(25)23-13-11-18-9-6-10-20(22)15-18/h3-10,15,17H,11-14,16H2,1-2H3,(H,23,25). The Hall–Kier alpha value is -1.84. The highest BCUT2D eigenvalue weighted by atomic mass is 35.5. The second-order valence-electron chi connectivity index (χ2n) is 6.53. The van der Waals surface area contributed by atoms with Crippen LogP contribution in [0.2, 0.25) is 5.02 Å². The average molecular weight is 359 g/mol. The number of hydrogen-bond donors (Lipinski definition) is 1. The van der Waals surface area contributed by atoms with Gasteiger partial charge in [-0.1, -0.05) is 54.1 Å². The van der Waals surface area contributed by atoms with Crippen molar-refractivity contribution in [2.45, 2.75) is 39.3 Å². The highest BCUT2D eigenvalue weighted by Gasteiger charge is 2.12. The van der Waals surface area contributed by atoms with Crippen LogP contribution in [-0.4, -0.2) is 29.9 Å². The third-order valence-corrected chi connectivity index (χ3v) is 4.44. The van der Waals surface area contributed by atoms with Gasteiger partial charge in [0.05, 0.1) is 0 Å². The van der Waals surface area contributed by atoms with Gasteiger partial charge in [-0.15, -0.1) is 0 Å². The van der Waals surface area contributed by atoms with Crippen LogP contribution in [0.15, 0.2) is 54.6 Å². The largest absolute Gasteiger partial charge is 0.356 e. The molecule has 3 nitrogen and oxygen atoms in total. The monoisotopic (exact) mass is 358 g/mol. The summed E-state index contributed by atoms with van der Waals surface area (Å²) in [5.41, 5.74) is 2.42. The van der Waals surface area contributed by atoms with E-state index in [0.717, 1.165) is 30.1 Å². The Bertz CT molecular complexity index is 658. The van der Waals surface area contributed by atoms with E-state index in [1.807, 2.05) is 30.3 Å². The summed E-state index contributed by atoms with van der Waals surface area (Å²) < 4.78 is 0. The van der Waals surface area contributed by atoms with Crippen molar-refractivity contribution in [2.24, 2.45) is 0 Å². The van der Waals surface area contributed by atoms with Crippen molar-refractivity contribution in [2.75, 3.05) is 13.1 Å². The molecular weight excluding hydrogens is 332 g/mol. The molecule has 0 fully saturated rings. The van der Waals surface area contributed by atoms with Crippen molar-refractivity contribution in [3.8, 4) is 0 Å². The summed E-state index contributed by atoms with van der Waals surface area (Å²) in [4.78, 5) is 14.4. The number of nitrogens with zero attached hydrogens (tertiary/aromatic N) is 1. The van der Waals surface area contributed by atoms with E-state index >= 15 is 0 Å². The molecule has 0 spiro atoms. The molecule has 0 unspecified atom stereocenters. The van der Waals surface area contributed by atoms with Crippen molar-refractivity contribution in [1.29, 1.82) is 0 Å². The fourth-order valence-corrected chi connectivity index (χ4v) is 2.92. The summed E-state index contributed by atoms with van der Waals surface area (Å²) in [7, 11) is 0. The summed E-state index contributed by atoms with van der Waals surface area (Å²) in [5.74, 6) is 0.0979. The van der Waals surface area contributed by atoms with Gasteiger partial charge in [-0.25, -0.2) is 0 Å². The van der Waals surface area contributed by atoms with Crippen molar-refractivity contribution in [3.63, 3.8) is 0 Å². The minimum Gasteiger partial charge on any atom is -0.356 e. The topological polar surface area (TPSA) is 32.3 Å². The first-order chi connectivity index (χ1) is 12.0. The van der Waals surface area contributed by atoms with Crippen LogP contribution < -0.4 is 5.32 Å². The lowest BCUT2D eigenvalue weighted by atomic mass is 10.1. The molecule has 0 aliphatic carbocycles. The van der Waals surface area contributed by atoms with Crippen LogP contribution in [0.5, 0.6) is 0 Å². The van der Waals surface area contributed by atoms with Crippen LogP contribution in [0.4, 0.5) is 0 Å². The van der Waals surface area contributed by atoms with Crippen LogP contribution in [-0.2, 0) is 17.8 Å². The maximum atomic E-state index is 12.1. The number of halogens is 1. The van der Waals surface area contributed by atoms with Crippen LogP contribution in [0.3, 0.4) is 0 Å². The van der Waals surface area contributed by atoms with Crippen LogP contribution >= 0.6 is 11.6 Å². The average Bonchev–Trinajstić information content (AvgIpc) is 2.59. The molecule has 2 rings (SSSR count). The molecule has 1 N–H and O–H groups in total. The van der Waals surface area contributed by atoms with Crippen molar-refractivity contribution in [1.82, 2.24) is 10.2 Å². The van der Waals surface area contributed by atoms with E-state index in [9.17, 15) is 4.79 Å². The molecule has 0 aromatic heterocycles. The molecule has 0 saturated heterocycles. The van der Waals surface area contributed by atoms with Gasteiger partial charge in [-0.05, 0) is 43.5 Å². The van der Waals surface area contributed by atoms with Gasteiger partial charge >= 0.3 is 0 Å². The van der Waals surface area contributed by atoms with E-state index in [2.05, 4.69) is 48.3 Å². The fourth-order valence-electron chi connectivity index (χ4n) is 2.71. The molecule has 0 aliphatic rings. The first-order valence-electron chi connectivity index (χ1n) is 8.83. The normalized spacial score (nSPS) is 11.1. The molecule has 4 heteroatoms. The zero-order valence-corrected chi connectivity index (χ0v) is 15.8. The number of benzene rings is 2. The van der Waals surface area contributed by atoms with Crippen molar-refractivity contribution >= 4 is 17.5 Å². The molecule has 1 amide bonds. The van der Waals surface area contributed by atoms with E-state index < -0.39 is 0 Å². The predicted molar refractivity (Wildman–Crippen MR) is 105 cm³/mol. The first-order valence-corrected chi connectivity index (χ1v) is 9.21. The quantitative estimate of drug-likeness (QED) is 0.724. The molecule has 0 atom stereocenters. The maximum absolute atomic E-state index is 12.1. The summed E-state index contributed by atoms with van der Waals surface area (Å²) in [6.45, 7) is 6.60. The molecule has 0 bridgehead atoms. The Balaban J connectivity index is 1.73. The SMILES string of the molecule is CC(C)N(CCC(=O)NCCc1cccc(Cl)c1)Cc1ccccc1. The molecule has 0 saturated carbocycles. The minimum absolute atomic E-state index is 0.0979. The number of nitrogens with one attached hydrogen (secondary N) is 1. The Morgan fingerprint density at radius 3 is 2.48 bits per heavy atom. The van der Waals surface area contributed by atoms with Gasteiger partial charge in [0.25, 0.3) is 0 Å². The molecule has 25 heavy (non-hydrogen) atoms. The van der Waals surface area contributed by atoms with Gasteiger partial charge < -0.3 is 5.32 Å². The lowest BCUT2D eigenvalue weighted by Crippen LogP contribution is -2.35. The lowest BCUT2D eigenvalue weighted by Gasteiger charge is -2.26. The van der Waals surface area contributed by atoms with E-state index in [1.54, 1.807) is 0 Å². The Morgan fingerprint density at radius 2 is 1.80 bits per heavy atom. The maximum Gasteiger partial charge on any atom is 0.221 e. The number of carbonyl (C=O) groups excluding carboxylic acids is 1. The second kappa shape index (κ2) is 10.2. The summed E-state index contributed by atoms with van der Waals surface area (Å²) in [6.07, 6.45) is 1.31. The third kappa shape index (κ3) is 7.29. The van der Waals surface area contributed by atoms with E-state index in [1.165, 1.54) is 5.56 Å². The van der Waals surface area contributed by atoms with Crippen LogP contribution in [0.1, 0.15) is 31.4 Å². The number of hydrogen-bond acceptors (Lipinski definition) is 2. The van der Waals surface area contributed by atoms with Gasteiger partial charge in [-0.2, -0.15) is 0 Å². The number of amides is 1.